The van der Waals surface area contributed by atoms with E-state index < -0.39 is 12.0 Å². The van der Waals surface area contributed by atoms with Gasteiger partial charge in [-0.05, 0) is 19.1 Å². The van der Waals surface area contributed by atoms with Crippen molar-refractivity contribution < 1.29 is 18.3 Å². The molecule has 0 amide bonds. The standard InChI is InChI=1S/C21H22F2N4O2/c1-3-29-18-7-5-14(11-19(18)28-2)25-20-21-24-8-9-27(21)12-17(26-20)13-4-6-15(22)16(23)10-13/h4-5,7-10,12,15,18-19H,3,6,11H2,1-2H3. The summed E-state index contributed by atoms with van der Waals surface area (Å²) in [6, 6.07) is 0. The Labute approximate surface area is 167 Å². The quantitative estimate of drug-likeness (QED) is 0.756. The first-order chi connectivity index (χ1) is 14.1. The molecule has 2 aliphatic carbocycles. The molecule has 0 N–H and O–H groups in total. The fourth-order valence-electron chi connectivity index (χ4n) is 3.46. The highest BCUT2D eigenvalue weighted by Crippen LogP contribution is 2.29. The number of allylic oxidation sites excluding steroid dienone is 5. The molecule has 0 saturated heterocycles. The summed E-state index contributed by atoms with van der Waals surface area (Å²) >= 11 is 0. The van der Waals surface area contributed by atoms with E-state index in [4.69, 9.17) is 9.47 Å². The van der Waals surface area contributed by atoms with Gasteiger partial charge in [-0.25, -0.2) is 23.7 Å². The van der Waals surface area contributed by atoms with Crippen LogP contribution in [0.3, 0.4) is 0 Å². The van der Waals surface area contributed by atoms with E-state index in [9.17, 15) is 8.78 Å². The van der Waals surface area contributed by atoms with E-state index in [1.54, 1.807) is 36.2 Å². The summed E-state index contributed by atoms with van der Waals surface area (Å²) in [6.07, 6.45) is 10.5. The first-order valence-electron chi connectivity index (χ1n) is 9.54. The van der Waals surface area contributed by atoms with Gasteiger partial charge in [0.1, 0.15) is 11.9 Å². The van der Waals surface area contributed by atoms with E-state index in [1.165, 1.54) is 6.08 Å². The van der Waals surface area contributed by atoms with Crippen molar-refractivity contribution in [3.63, 3.8) is 0 Å². The van der Waals surface area contributed by atoms with Gasteiger partial charge in [0.25, 0.3) is 0 Å². The Morgan fingerprint density at radius 2 is 2.24 bits per heavy atom. The Balaban J connectivity index is 1.72. The van der Waals surface area contributed by atoms with Crippen molar-refractivity contribution in [2.24, 2.45) is 4.99 Å². The molecule has 2 aromatic heterocycles. The number of nitrogens with zero attached hydrogens (tertiary/aromatic N) is 4. The molecular weight excluding hydrogens is 378 g/mol. The molecule has 8 heteroatoms. The van der Waals surface area contributed by atoms with Crippen LogP contribution in [-0.2, 0) is 9.47 Å². The van der Waals surface area contributed by atoms with Crippen LogP contribution in [0.2, 0.25) is 0 Å². The number of aliphatic imine (C=N–C) groups is 1. The molecule has 2 aliphatic rings. The van der Waals surface area contributed by atoms with Gasteiger partial charge >= 0.3 is 0 Å². The van der Waals surface area contributed by atoms with Crippen LogP contribution in [0.5, 0.6) is 0 Å². The molecule has 0 saturated carbocycles. The number of alkyl halides is 1. The van der Waals surface area contributed by atoms with E-state index in [0.29, 0.717) is 35.8 Å². The highest BCUT2D eigenvalue weighted by molar-refractivity contribution is 5.98. The molecule has 152 valence electrons. The van der Waals surface area contributed by atoms with Crippen molar-refractivity contribution in [2.45, 2.75) is 38.1 Å². The van der Waals surface area contributed by atoms with Crippen LogP contribution in [0.1, 0.15) is 25.5 Å². The molecule has 6 nitrogen and oxygen atoms in total. The average molecular weight is 400 g/mol. The second-order valence-corrected chi connectivity index (χ2v) is 6.86. The van der Waals surface area contributed by atoms with Crippen molar-refractivity contribution in [3.8, 4) is 0 Å². The second kappa shape index (κ2) is 8.34. The molecule has 3 unspecified atom stereocenters. The summed E-state index contributed by atoms with van der Waals surface area (Å²) in [6.45, 7) is 2.54. The fraction of sp³-hybridized carbons (Fsp3) is 0.381. The first-order valence-corrected chi connectivity index (χ1v) is 9.54. The van der Waals surface area contributed by atoms with Gasteiger partial charge in [-0.15, -0.1) is 0 Å². The molecule has 0 aliphatic heterocycles. The number of hydrogen-bond donors (Lipinski definition) is 0. The minimum Gasteiger partial charge on any atom is -0.378 e. The zero-order valence-electron chi connectivity index (χ0n) is 16.3. The van der Waals surface area contributed by atoms with Crippen molar-refractivity contribution in [3.05, 3.63) is 54.4 Å². The van der Waals surface area contributed by atoms with Crippen LogP contribution < -0.4 is 0 Å². The summed E-state index contributed by atoms with van der Waals surface area (Å²) in [7, 11) is 1.65. The van der Waals surface area contributed by atoms with Gasteiger partial charge < -0.3 is 13.9 Å². The molecule has 0 aromatic carbocycles. The maximum atomic E-state index is 13.8. The largest absolute Gasteiger partial charge is 0.378 e. The molecule has 0 radical (unpaired) electrons. The Morgan fingerprint density at radius 3 is 3.00 bits per heavy atom. The molecular formula is C21H22F2N4O2. The predicted molar refractivity (Wildman–Crippen MR) is 107 cm³/mol. The lowest BCUT2D eigenvalue weighted by Crippen LogP contribution is -2.34. The summed E-state index contributed by atoms with van der Waals surface area (Å²) in [4.78, 5) is 13.6. The fourth-order valence-corrected chi connectivity index (χ4v) is 3.46. The van der Waals surface area contributed by atoms with Crippen molar-refractivity contribution in [1.29, 1.82) is 0 Å². The maximum Gasteiger partial charge on any atom is 0.197 e. The van der Waals surface area contributed by atoms with E-state index in [-0.39, 0.29) is 18.6 Å². The number of halogens is 2. The molecule has 0 fully saturated rings. The topological polar surface area (TPSA) is 61.0 Å². The molecule has 3 atom stereocenters. The molecule has 29 heavy (non-hydrogen) atoms. The van der Waals surface area contributed by atoms with Gasteiger partial charge in [-0.3, -0.25) is 0 Å². The van der Waals surface area contributed by atoms with Crippen molar-refractivity contribution in [2.75, 3.05) is 13.7 Å². The van der Waals surface area contributed by atoms with Crippen LogP contribution in [-0.4, -0.2) is 52.2 Å². The summed E-state index contributed by atoms with van der Waals surface area (Å²) in [5.41, 5.74) is 2.40. The van der Waals surface area contributed by atoms with Crippen LogP contribution >= 0.6 is 0 Å². The van der Waals surface area contributed by atoms with Crippen molar-refractivity contribution in [1.82, 2.24) is 14.4 Å². The smallest absolute Gasteiger partial charge is 0.197 e. The third-order valence-electron chi connectivity index (χ3n) is 4.96. The zero-order valence-corrected chi connectivity index (χ0v) is 16.3. The van der Waals surface area contributed by atoms with E-state index in [0.717, 1.165) is 5.71 Å². The summed E-state index contributed by atoms with van der Waals surface area (Å²) in [5, 5.41) is 0. The van der Waals surface area contributed by atoms with E-state index in [2.05, 4.69) is 15.0 Å². The lowest BCUT2D eigenvalue weighted by molar-refractivity contribution is -0.0257. The number of fused-ring (bicyclic) bond motifs is 1. The van der Waals surface area contributed by atoms with Crippen LogP contribution in [0.15, 0.2) is 53.7 Å². The SMILES string of the molecule is CCOC1C=CC(=Nc2nc(C3=CCC(F)C(F)=C3)cn3ccnc23)CC1OC. The summed E-state index contributed by atoms with van der Waals surface area (Å²) in [5.74, 6) is -0.378. The van der Waals surface area contributed by atoms with Crippen molar-refractivity contribution >= 4 is 22.7 Å². The van der Waals surface area contributed by atoms with Gasteiger partial charge in [0.05, 0.1) is 11.8 Å². The number of ether oxygens (including phenoxy) is 2. The lowest BCUT2D eigenvalue weighted by atomic mass is 9.99. The van der Waals surface area contributed by atoms with Gasteiger partial charge in [0.15, 0.2) is 17.6 Å². The Bertz CT molecular complexity index is 1020. The molecule has 2 aromatic rings. The van der Waals surface area contributed by atoms with Gasteiger partial charge in [0, 0.05) is 56.4 Å². The number of methoxy groups -OCH3 is 1. The highest BCUT2D eigenvalue weighted by Gasteiger charge is 2.25. The summed E-state index contributed by atoms with van der Waals surface area (Å²) < 4.78 is 40.2. The minimum atomic E-state index is -1.59. The lowest BCUT2D eigenvalue weighted by Gasteiger charge is -2.26. The third-order valence-corrected chi connectivity index (χ3v) is 4.96. The zero-order chi connectivity index (χ0) is 20.4. The predicted octanol–water partition coefficient (Wildman–Crippen LogP) is 4.16. The molecule has 0 bridgehead atoms. The average Bonchev–Trinajstić information content (AvgIpc) is 3.20. The normalized spacial score (nSPS) is 26.1. The minimum absolute atomic E-state index is 0.0117. The monoisotopic (exact) mass is 400 g/mol. The number of hydrogen-bond acceptors (Lipinski definition) is 5. The molecule has 2 heterocycles. The van der Waals surface area contributed by atoms with E-state index in [1.807, 2.05) is 19.1 Å². The maximum absolute atomic E-state index is 13.8. The van der Waals surface area contributed by atoms with Crippen LogP contribution in [0, 0.1) is 0 Å². The van der Waals surface area contributed by atoms with Gasteiger partial charge in [-0.1, -0.05) is 12.2 Å². The Hall–Kier alpha value is -2.71. The van der Waals surface area contributed by atoms with Gasteiger partial charge in [-0.2, -0.15) is 0 Å². The van der Waals surface area contributed by atoms with Gasteiger partial charge in [0.2, 0.25) is 0 Å². The Morgan fingerprint density at radius 1 is 1.38 bits per heavy atom. The number of imidazole rings is 1. The van der Waals surface area contributed by atoms with Crippen LogP contribution in [0.4, 0.5) is 14.6 Å². The Kier molecular flexibility index (Phi) is 5.64. The second-order valence-electron chi connectivity index (χ2n) is 6.86. The van der Waals surface area contributed by atoms with E-state index >= 15 is 0 Å². The van der Waals surface area contributed by atoms with Crippen LogP contribution in [0.25, 0.3) is 11.2 Å². The highest BCUT2D eigenvalue weighted by atomic mass is 19.2. The third kappa shape index (κ3) is 4.04. The molecule has 4 rings (SSSR count). The first kappa shape index (κ1) is 19.6. The number of aromatic nitrogens is 3. The number of rotatable bonds is 5. The molecule has 0 spiro atoms.